The first-order valence-corrected chi connectivity index (χ1v) is 19.9. The maximum atomic E-state index is 2.66. The summed E-state index contributed by atoms with van der Waals surface area (Å²) in [4.78, 5) is 0. The summed E-state index contributed by atoms with van der Waals surface area (Å²) < 4.78 is 0. The van der Waals surface area contributed by atoms with Crippen LogP contribution >= 0.6 is 0 Å². The first-order chi connectivity index (χ1) is 20.6. The summed E-state index contributed by atoms with van der Waals surface area (Å²) in [5, 5.41) is 1.57. The van der Waals surface area contributed by atoms with E-state index in [9.17, 15) is 0 Å². The molecule has 226 valence electrons. The lowest BCUT2D eigenvalue weighted by atomic mass is 9.58. The van der Waals surface area contributed by atoms with Gasteiger partial charge >= 0.3 is 0 Å². The Kier molecular flexibility index (Phi) is 7.36. The van der Waals surface area contributed by atoms with Gasteiger partial charge in [0.15, 0.2) is 0 Å². The number of allylic oxidation sites excluding steroid dienone is 4. The van der Waals surface area contributed by atoms with Crippen LogP contribution in [0.3, 0.4) is 0 Å². The lowest BCUT2D eigenvalue weighted by molar-refractivity contribution is 0.500. The van der Waals surface area contributed by atoms with E-state index >= 15 is 0 Å². The zero-order valence-electron chi connectivity index (χ0n) is 28.6. The summed E-state index contributed by atoms with van der Waals surface area (Å²) in [5.41, 5.74) is 14.0. The molecule has 0 saturated carbocycles. The predicted molar refractivity (Wildman–Crippen MR) is 194 cm³/mol. The second-order valence-electron chi connectivity index (χ2n) is 16.4. The van der Waals surface area contributed by atoms with Gasteiger partial charge in [0.25, 0.3) is 0 Å². The molecular weight excluding hydrogens is 545 g/mol. The SMILES string of the molecule is CC1=CC([Si](C)(C)C)=CC1C(c1ccccc1)(c1ccccc1)c1cc(C(C)(C)C)cc2c1Cc1ccc(C(C)(C)C)cc1-2. The van der Waals surface area contributed by atoms with Crippen LogP contribution in [0, 0.1) is 5.92 Å². The van der Waals surface area contributed by atoms with Crippen molar-refractivity contribution in [3.05, 3.63) is 153 Å². The maximum Gasteiger partial charge on any atom is 0.0772 e. The van der Waals surface area contributed by atoms with E-state index in [1.165, 1.54) is 55.6 Å². The van der Waals surface area contributed by atoms with E-state index < -0.39 is 8.07 Å². The Morgan fingerprint density at radius 2 is 1.16 bits per heavy atom. The molecule has 1 heteroatoms. The van der Waals surface area contributed by atoms with Crippen molar-refractivity contribution >= 4 is 8.07 Å². The molecule has 0 bridgehead atoms. The van der Waals surface area contributed by atoms with Gasteiger partial charge in [-0.1, -0.05) is 175 Å². The Hall–Kier alpha value is -3.42. The van der Waals surface area contributed by atoms with E-state index in [-0.39, 0.29) is 22.2 Å². The number of fused-ring (bicyclic) bond motifs is 3. The first-order valence-electron chi connectivity index (χ1n) is 16.4. The van der Waals surface area contributed by atoms with Gasteiger partial charge in [-0.2, -0.15) is 0 Å². The van der Waals surface area contributed by atoms with Gasteiger partial charge in [-0.05, 0) is 74.2 Å². The Balaban J connectivity index is 1.77. The number of hydrogen-bond acceptors (Lipinski definition) is 0. The minimum atomic E-state index is -1.54. The molecule has 0 amide bonds. The van der Waals surface area contributed by atoms with Crippen LogP contribution in [-0.2, 0) is 22.7 Å². The van der Waals surface area contributed by atoms with Crippen molar-refractivity contribution in [2.24, 2.45) is 5.92 Å². The molecule has 0 nitrogen and oxygen atoms in total. The van der Waals surface area contributed by atoms with Crippen LogP contribution < -0.4 is 0 Å². The monoisotopic (exact) mass is 594 g/mol. The van der Waals surface area contributed by atoms with Crippen LogP contribution in [0.4, 0.5) is 0 Å². The summed E-state index contributed by atoms with van der Waals surface area (Å²) >= 11 is 0. The molecule has 0 radical (unpaired) electrons. The lowest BCUT2D eigenvalue weighted by Gasteiger charge is -2.43. The summed E-state index contributed by atoms with van der Waals surface area (Å²) in [6.07, 6.45) is 6.17. The summed E-state index contributed by atoms with van der Waals surface area (Å²) in [7, 11) is -1.54. The molecular formula is C43H50Si. The average Bonchev–Trinajstić information content (AvgIpc) is 3.54. The van der Waals surface area contributed by atoms with E-state index in [2.05, 4.69) is 171 Å². The van der Waals surface area contributed by atoms with E-state index in [0.717, 1.165) is 6.42 Å². The Bertz CT molecular complexity index is 1720. The highest BCUT2D eigenvalue weighted by Crippen LogP contribution is 2.55. The topological polar surface area (TPSA) is 0 Å². The van der Waals surface area contributed by atoms with Gasteiger partial charge < -0.3 is 0 Å². The fraction of sp³-hybridized carbons (Fsp3) is 0.349. The normalized spacial score (nSPS) is 16.8. The van der Waals surface area contributed by atoms with Gasteiger partial charge in [-0.3, -0.25) is 0 Å². The number of rotatable bonds is 5. The Morgan fingerprint density at radius 3 is 1.66 bits per heavy atom. The summed E-state index contributed by atoms with van der Waals surface area (Å²) in [6, 6.07) is 35.2. The largest absolute Gasteiger partial charge is 0.0772 e. The van der Waals surface area contributed by atoms with Gasteiger partial charge in [0, 0.05) is 5.92 Å². The average molecular weight is 595 g/mol. The van der Waals surface area contributed by atoms with Crippen LogP contribution in [-0.4, -0.2) is 8.07 Å². The first kappa shape index (κ1) is 30.6. The standard InChI is InChI=1S/C43H50Si/c1-29-23-35(44(8,9)10)28-39(29)43(31-17-13-11-14-18-31,32-19-15-12-16-20-32)40-27-34(42(5,6)7)26-37-36-25-33(41(2,3)4)22-21-30(36)24-38(37)40/h11-23,25-28,39H,24H2,1-10H3. The van der Waals surface area contributed by atoms with Gasteiger partial charge in [0.2, 0.25) is 0 Å². The van der Waals surface area contributed by atoms with Crippen molar-refractivity contribution in [2.75, 3.05) is 0 Å². The van der Waals surface area contributed by atoms with Gasteiger partial charge in [0.05, 0.1) is 13.5 Å². The summed E-state index contributed by atoms with van der Waals surface area (Å²) in [6.45, 7) is 23.9. The molecule has 0 heterocycles. The highest BCUT2D eigenvalue weighted by molar-refractivity contribution is 6.83. The molecule has 1 unspecified atom stereocenters. The fourth-order valence-corrected chi connectivity index (χ4v) is 8.89. The highest BCUT2D eigenvalue weighted by atomic mass is 28.3. The van der Waals surface area contributed by atoms with E-state index in [0.29, 0.717) is 0 Å². The van der Waals surface area contributed by atoms with Crippen molar-refractivity contribution in [3.63, 3.8) is 0 Å². The predicted octanol–water partition coefficient (Wildman–Crippen LogP) is 11.6. The van der Waals surface area contributed by atoms with Gasteiger partial charge in [-0.25, -0.2) is 0 Å². The lowest BCUT2D eigenvalue weighted by Crippen LogP contribution is -2.39. The van der Waals surface area contributed by atoms with Gasteiger partial charge in [0.1, 0.15) is 0 Å². The van der Waals surface area contributed by atoms with Crippen molar-refractivity contribution in [1.82, 2.24) is 0 Å². The molecule has 44 heavy (non-hydrogen) atoms. The quantitative estimate of drug-likeness (QED) is 0.140. The minimum absolute atomic E-state index is 0.00711. The van der Waals surface area contributed by atoms with Crippen molar-refractivity contribution in [2.45, 2.75) is 90.8 Å². The molecule has 0 saturated heterocycles. The third-order valence-electron chi connectivity index (χ3n) is 10.2. The zero-order valence-corrected chi connectivity index (χ0v) is 29.6. The van der Waals surface area contributed by atoms with Gasteiger partial charge in [-0.15, -0.1) is 0 Å². The molecule has 0 fully saturated rings. The number of hydrogen-bond donors (Lipinski definition) is 0. The molecule has 2 aliphatic carbocycles. The maximum absolute atomic E-state index is 2.66. The van der Waals surface area contributed by atoms with Crippen LogP contribution in [0.5, 0.6) is 0 Å². The molecule has 0 aromatic heterocycles. The van der Waals surface area contributed by atoms with Crippen molar-refractivity contribution in [1.29, 1.82) is 0 Å². The van der Waals surface area contributed by atoms with E-state index in [1.807, 2.05) is 0 Å². The molecule has 0 aliphatic heterocycles. The molecule has 2 aliphatic rings. The Morgan fingerprint density at radius 1 is 0.614 bits per heavy atom. The van der Waals surface area contributed by atoms with Crippen molar-refractivity contribution in [3.8, 4) is 11.1 Å². The Labute approximate surface area is 268 Å². The molecule has 0 N–H and O–H groups in total. The third-order valence-corrected chi connectivity index (χ3v) is 12.2. The van der Waals surface area contributed by atoms with Crippen LogP contribution in [0.15, 0.2) is 114 Å². The van der Waals surface area contributed by atoms with Crippen LogP contribution in [0.1, 0.15) is 87.4 Å². The third kappa shape index (κ3) is 5.08. The van der Waals surface area contributed by atoms with E-state index in [1.54, 1.807) is 5.20 Å². The second kappa shape index (κ2) is 10.6. The van der Waals surface area contributed by atoms with E-state index in [4.69, 9.17) is 0 Å². The molecule has 0 spiro atoms. The second-order valence-corrected chi connectivity index (χ2v) is 21.5. The zero-order chi connectivity index (χ0) is 31.7. The molecule has 1 atom stereocenters. The van der Waals surface area contributed by atoms with Crippen LogP contribution in [0.2, 0.25) is 19.6 Å². The smallest absolute Gasteiger partial charge is 0.0765 e. The number of benzene rings is 4. The molecule has 4 aromatic carbocycles. The minimum Gasteiger partial charge on any atom is -0.0765 e. The fourth-order valence-electron chi connectivity index (χ4n) is 7.56. The van der Waals surface area contributed by atoms with Crippen molar-refractivity contribution < 1.29 is 0 Å². The highest BCUT2D eigenvalue weighted by Gasteiger charge is 2.48. The van der Waals surface area contributed by atoms with Crippen LogP contribution in [0.25, 0.3) is 11.1 Å². The molecule has 4 aromatic rings. The molecule has 6 rings (SSSR count). The summed E-state index contributed by atoms with van der Waals surface area (Å²) in [5.74, 6) is 0.224.